The minimum atomic E-state index is -0.444. The number of nitrogens with one attached hydrogen (secondary N) is 3. The first-order valence-corrected chi connectivity index (χ1v) is 8.26. The van der Waals surface area contributed by atoms with Crippen molar-refractivity contribution in [3.05, 3.63) is 58.1 Å². The highest BCUT2D eigenvalue weighted by atomic mass is 35.5. The summed E-state index contributed by atoms with van der Waals surface area (Å²) in [5, 5.41) is 22.4. The molecule has 0 saturated heterocycles. The van der Waals surface area contributed by atoms with Crippen LogP contribution in [0.1, 0.15) is 21.5 Å². The number of benzene rings is 2. The number of ether oxygens (including phenoxy) is 1. The van der Waals surface area contributed by atoms with E-state index in [0.717, 1.165) is 0 Å². The first kappa shape index (κ1) is 23.1. The lowest BCUT2D eigenvalue weighted by Gasteiger charge is -2.13. The van der Waals surface area contributed by atoms with E-state index < -0.39 is 5.91 Å². The van der Waals surface area contributed by atoms with Crippen molar-refractivity contribution in [3.8, 4) is 11.5 Å². The number of carbonyl (C=O) groups is 2. The van der Waals surface area contributed by atoms with Crippen LogP contribution in [-0.2, 0) is 11.3 Å². The van der Waals surface area contributed by atoms with Gasteiger partial charge < -0.3 is 26.2 Å². The second kappa shape index (κ2) is 10.4. The maximum Gasteiger partial charge on any atom is 0.257 e. The van der Waals surface area contributed by atoms with E-state index in [9.17, 15) is 14.7 Å². The molecule has 10 heteroatoms. The van der Waals surface area contributed by atoms with Gasteiger partial charge in [0.2, 0.25) is 0 Å². The van der Waals surface area contributed by atoms with Crippen LogP contribution in [0.4, 0.5) is 0 Å². The minimum Gasteiger partial charge on any atom is -0.508 e. The van der Waals surface area contributed by atoms with E-state index in [1.54, 1.807) is 12.1 Å². The summed E-state index contributed by atoms with van der Waals surface area (Å²) in [6.07, 6.45) is 0. The smallest absolute Gasteiger partial charge is 0.257 e. The Morgan fingerprint density at radius 2 is 1.93 bits per heavy atom. The van der Waals surface area contributed by atoms with Crippen LogP contribution in [0.15, 0.2) is 36.4 Å². The van der Waals surface area contributed by atoms with Gasteiger partial charge in [0.15, 0.2) is 6.61 Å². The lowest BCUT2D eigenvalue weighted by Crippen LogP contribution is -2.26. The molecule has 8 nitrogen and oxygen atoms in total. The molecular weight excluding hydrogens is 407 g/mol. The van der Waals surface area contributed by atoms with E-state index in [4.69, 9.17) is 27.5 Å². The van der Waals surface area contributed by atoms with Crippen LogP contribution in [0.25, 0.3) is 0 Å². The topological polar surface area (TPSA) is 138 Å². The predicted molar refractivity (Wildman–Crippen MR) is 109 cm³/mol. The van der Waals surface area contributed by atoms with Crippen molar-refractivity contribution >= 4 is 41.7 Å². The Morgan fingerprint density at radius 1 is 1.21 bits per heavy atom. The number of phenolic OH excluding ortho intramolecular Hbond substituents is 1. The van der Waals surface area contributed by atoms with Crippen LogP contribution in [0.3, 0.4) is 0 Å². The van der Waals surface area contributed by atoms with E-state index in [1.165, 1.54) is 31.3 Å². The van der Waals surface area contributed by atoms with Gasteiger partial charge in [-0.25, -0.2) is 0 Å². The normalized spacial score (nSPS) is 9.79. The van der Waals surface area contributed by atoms with Crippen molar-refractivity contribution in [3.63, 3.8) is 0 Å². The molecule has 0 atom stereocenters. The summed E-state index contributed by atoms with van der Waals surface area (Å²) in [6.45, 7) is -0.131. The SMILES string of the molecule is CNC(=O)COc1cc(C(=N)N)ccc1CNC(=O)c1cc(O)cc(Cl)c1.Cl. The second-order valence-electron chi connectivity index (χ2n) is 5.58. The van der Waals surface area contributed by atoms with E-state index in [-0.39, 0.29) is 53.6 Å². The summed E-state index contributed by atoms with van der Waals surface area (Å²) in [4.78, 5) is 23.7. The molecule has 0 saturated carbocycles. The summed E-state index contributed by atoms with van der Waals surface area (Å²) in [6, 6.07) is 8.83. The van der Waals surface area contributed by atoms with E-state index in [2.05, 4.69) is 10.6 Å². The average molecular weight is 427 g/mol. The number of carbonyl (C=O) groups excluding carboxylic acids is 2. The van der Waals surface area contributed by atoms with Crippen molar-refractivity contribution in [2.45, 2.75) is 6.54 Å². The summed E-state index contributed by atoms with van der Waals surface area (Å²) >= 11 is 5.84. The monoisotopic (exact) mass is 426 g/mol. The zero-order valence-electron chi connectivity index (χ0n) is 14.9. The third-order valence-corrected chi connectivity index (χ3v) is 3.82. The van der Waals surface area contributed by atoms with Gasteiger partial charge in [-0.1, -0.05) is 23.7 Å². The fourth-order valence-electron chi connectivity index (χ4n) is 2.20. The largest absolute Gasteiger partial charge is 0.508 e. The Kier molecular flexibility index (Phi) is 8.56. The van der Waals surface area contributed by atoms with Crippen LogP contribution in [-0.4, -0.2) is 36.4 Å². The maximum absolute atomic E-state index is 12.3. The first-order chi connectivity index (χ1) is 12.8. The zero-order valence-corrected chi connectivity index (χ0v) is 16.5. The zero-order chi connectivity index (χ0) is 20.0. The van der Waals surface area contributed by atoms with Crippen LogP contribution in [0.5, 0.6) is 11.5 Å². The first-order valence-electron chi connectivity index (χ1n) is 7.88. The highest BCUT2D eigenvalue weighted by molar-refractivity contribution is 6.31. The molecule has 0 spiro atoms. The highest BCUT2D eigenvalue weighted by Crippen LogP contribution is 2.22. The van der Waals surface area contributed by atoms with Gasteiger partial charge in [0, 0.05) is 35.3 Å². The Bertz CT molecular complexity index is 870. The van der Waals surface area contributed by atoms with E-state index >= 15 is 0 Å². The van der Waals surface area contributed by atoms with Gasteiger partial charge >= 0.3 is 0 Å². The fraction of sp³-hybridized carbons (Fsp3) is 0.167. The molecule has 0 bridgehead atoms. The number of aromatic hydroxyl groups is 1. The summed E-state index contributed by atoms with van der Waals surface area (Å²) in [7, 11) is 1.49. The second-order valence-corrected chi connectivity index (χ2v) is 6.02. The summed E-state index contributed by atoms with van der Waals surface area (Å²) < 4.78 is 5.48. The third kappa shape index (κ3) is 6.33. The molecule has 0 unspecified atom stereocenters. The summed E-state index contributed by atoms with van der Waals surface area (Å²) in [5.41, 5.74) is 6.70. The quantitative estimate of drug-likeness (QED) is 0.339. The minimum absolute atomic E-state index is 0. The van der Waals surface area contributed by atoms with Crippen LogP contribution < -0.4 is 21.1 Å². The van der Waals surface area contributed by atoms with Crippen LogP contribution in [0, 0.1) is 5.41 Å². The van der Waals surface area contributed by atoms with Crippen molar-refractivity contribution in [2.75, 3.05) is 13.7 Å². The molecule has 0 radical (unpaired) electrons. The number of halogens is 2. The molecule has 0 aliphatic rings. The van der Waals surface area contributed by atoms with Gasteiger partial charge in [0.25, 0.3) is 11.8 Å². The Morgan fingerprint density at radius 3 is 2.54 bits per heavy atom. The molecule has 0 heterocycles. The molecule has 2 rings (SSSR count). The molecule has 0 aliphatic heterocycles. The van der Waals surface area contributed by atoms with Gasteiger partial charge in [-0.3, -0.25) is 15.0 Å². The summed E-state index contributed by atoms with van der Waals surface area (Å²) in [5.74, 6) is -0.716. The Balaban J connectivity index is 0.00000392. The van der Waals surface area contributed by atoms with Crippen LogP contribution >= 0.6 is 24.0 Å². The molecule has 0 aromatic heterocycles. The number of likely N-dealkylation sites (N-methyl/N-ethyl adjacent to an activating group) is 1. The molecule has 150 valence electrons. The highest BCUT2D eigenvalue weighted by Gasteiger charge is 2.12. The van der Waals surface area contributed by atoms with Crippen LogP contribution in [0.2, 0.25) is 5.02 Å². The number of nitrogen functional groups attached to an aromatic ring is 1. The fourth-order valence-corrected chi connectivity index (χ4v) is 2.43. The Labute approximate surface area is 172 Å². The molecule has 2 aromatic rings. The lowest BCUT2D eigenvalue weighted by atomic mass is 10.1. The number of hydrogen-bond acceptors (Lipinski definition) is 5. The number of rotatable bonds is 7. The average Bonchev–Trinajstić information content (AvgIpc) is 2.63. The lowest BCUT2D eigenvalue weighted by molar-refractivity contribution is -0.122. The number of amidine groups is 1. The van der Waals surface area contributed by atoms with Crippen molar-refractivity contribution in [1.29, 1.82) is 5.41 Å². The van der Waals surface area contributed by atoms with Crippen molar-refractivity contribution < 1.29 is 19.4 Å². The van der Waals surface area contributed by atoms with E-state index in [0.29, 0.717) is 16.9 Å². The molecule has 0 fully saturated rings. The van der Waals surface area contributed by atoms with E-state index in [1.807, 2.05) is 0 Å². The number of phenols is 1. The number of nitrogens with two attached hydrogens (primary N) is 1. The molecule has 28 heavy (non-hydrogen) atoms. The van der Waals surface area contributed by atoms with Gasteiger partial charge in [0.05, 0.1) is 0 Å². The van der Waals surface area contributed by atoms with Gasteiger partial charge in [-0.15, -0.1) is 12.4 Å². The third-order valence-electron chi connectivity index (χ3n) is 3.60. The van der Waals surface area contributed by atoms with Crippen molar-refractivity contribution in [1.82, 2.24) is 10.6 Å². The molecule has 6 N–H and O–H groups in total. The number of hydrogen-bond donors (Lipinski definition) is 5. The Hall–Kier alpha value is -2.97. The molecule has 2 aromatic carbocycles. The van der Waals surface area contributed by atoms with Crippen molar-refractivity contribution in [2.24, 2.45) is 5.73 Å². The molecular formula is C18H20Cl2N4O4. The van der Waals surface area contributed by atoms with Gasteiger partial charge in [0.1, 0.15) is 17.3 Å². The standard InChI is InChI=1S/C18H19ClN4O4.ClH/c1-22-16(25)9-27-15-6-10(17(20)21)2-3-11(15)8-23-18(26)12-4-13(19)7-14(24)5-12;/h2-7,24H,8-9H2,1H3,(H3,20,21)(H,22,25)(H,23,26);1H. The predicted octanol–water partition coefficient (Wildman–Crippen LogP) is 1.81. The van der Waals surface area contributed by atoms with Gasteiger partial charge in [-0.2, -0.15) is 0 Å². The molecule has 2 amide bonds. The van der Waals surface area contributed by atoms with Gasteiger partial charge in [-0.05, 0) is 24.3 Å². The molecule has 0 aliphatic carbocycles. The maximum atomic E-state index is 12.3. The number of amides is 2.